The molecule has 0 amide bonds. The summed E-state index contributed by atoms with van der Waals surface area (Å²) in [5, 5.41) is 0. The number of benzene rings is 1. The van der Waals surface area contributed by atoms with Crippen molar-refractivity contribution in [3.05, 3.63) is 17.7 Å². The molecule has 0 aromatic heterocycles. The molecule has 96 valence electrons. The van der Waals surface area contributed by atoms with Gasteiger partial charge in [-0.1, -0.05) is 6.92 Å². The number of rotatable bonds is 6. The molecule has 2 N–H and O–H groups in total. The molecule has 0 saturated heterocycles. The summed E-state index contributed by atoms with van der Waals surface area (Å²) in [5.41, 5.74) is 6.93. The van der Waals surface area contributed by atoms with Crippen molar-refractivity contribution in [3.8, 4) is 11.5 Å². The standard InChI is InChI=1S/C13H21NO2S/c1-5-9(8-14)10-6-12(16-3)13(17-4)7-11(10)15-2/h6-7,9H,5,8,14H2,1-4H3. The van der Waals surface area contributed by atoms with Crippen LogP contribution < -0.4 is 15.2 Å². The van der Waals surface area contributed by atoms with Crippen molar-refractivity contribution >= 4 is 11.8 Å². The van der Waals surface area contributed by atoms with Crippen molar-refractivity contribution in [2.24, 2.45) is 5.73 Å². The van der Waals surface area contributed by atoms with Crippen LogP contribution in [0.1, 0.15) is 24.8 Å². The highest BCUT2D eigenvalue weighted by Crippen LogP contribution is 2.38. The Morgan fingerprint density at radius 2 is 1.88 bits per heavy atom. The van der Waals surface area contributed by atoms with Crippen molar-refractivity contribution in [2.75, 3.05) is 27.0 Å². The van der Waals surface area contributed by atoms with Gasteiger partial charge in [-0.05, 0) is 37.3 Å². The molecule has 1 atom stereocenters. The minimum Gasteiger partial charge on any atom is -0.496 e. The van der Waals surface area contributed by atoms with E-state index in [-0.39, 0.29) is 0 Å². The van der Waals surface area contributed by atoms with Crippen LogP contribution in [0.25, 0.3) is 0 Å². The highest BCUT2D eigenvalue weighted by Gasteiger charge is 2.16. The van der Waals surface area contributed by atoms with E-state index in [4.69, 9.17) is 15.2 Å². The Morgan fingerprint density at radius 1 is 1.24 bits per heavy atom. The van der Waals surface area contributed by atoms with Crippen LogP contribution in [-0.2, 0) is 0 Å². The van der Waals surface area contributed by atoms with E-state index >= 15 is 0 Å². The molecule has 4 heteroatoms. The molecule has 0 aliphatic rings. The first-order valence-corrected chi connectivity index (χ1v) is 6.94. The number of nitrogens with two attached hydrogens (primary N) is 1. The lowest BCUT2D eigenvalue weighted by molar-refractivity contribution is 0.387. The van der Waals surface area contributed by atoms with E-state index in [1.807, 2.05) is 18.4 Å². The Morgan fingerprint density at radius 3 is 2.29 bits per heavy atom. The number of thioether (sulfide) groups is 1. The maximum atomic E-state index is 5.80. The third-order valence-electron chi connectivity index (χ3n) is 2.95. The summed E-state index contributed by atoms with van der Waals surface area (Å²) >= 11 is 1.65. The summed E-state index contributed by atoms with van der Waals surface area (Å²) in [4.78, 5) is 1.08. The van der Waals surface area contributed by atoms with Crippen LogP contribution in [-0.4, -0.2) is 27.0 Å². The largest absolute Gasteiger partial charge is 0.496 e. The molecule has 0 spiro atoms. The summed E-state index contributed by atoms with van der Waals surface area (Å²) in [6.07, 6.45) is 3.02. The zero-order valence-electron chi connectivity index (χ0n) is 10.9. The number of ether oxygens (including phenoxy) is 2. The first kappa shape index (κ1) is 14.2. The predicted molar refractivity (Wildman–Crippen MR) is 73.4 cm³/mol. The molecule has 1 aromatic rings. The summed E-state index contributed by atoms with van der Waals surface area (Å²) in [7, 11) is 3.38. The summed E-state index contributed by atoms with van der Waals surface area (Å²) in [6.45, 7) is 2.75. The van der Waals surface area contributed by atoms with E-state index in [1.165, 1.54) is 0 Å². The smallest absolute Gasteiger partial charge is 0.132 e. The van der Waals surface area contributed by atoms with Crippen molar-refractivity contribution < 1.29 is 9.47 Å². The summed E-state index contributed by atoms with van der Waals surface area (Å²) in [6, 6.07) is 4.07. The van der Waals surface area contributed by atoms with Crippen molar-refractivity contribution in [2.45, 2.75) is 24.2 Å². The second kappa shape index (κ2) is 6.77. The van der Waals surface area contributed by atoms with Crippen LogP contribution >= 0.6 is 11.8 Å². The van der Waals surface area contributed by atoms with Gasteiger partial charge in [0.15, 0.2) is 0 Å². The first-order chi connectivity index (χ1) is 8.21. The van der Waals surface area contributed by atoms with Gasteiger partial charge in [-0.25, -0.2) is 0 Å². The highest BCUT2D eigenvalue weighted by atomic mass is 32.2. The van der Waals surface area contributed by atoms with Crippen LogP contribution in [0.2, 0.25) is 0 Å². The molecular weight excluding hydrogens is 234 g/mol. The minimum atomic E-state index is 0.315. The van der Waals surface area contributed by atoms with Crippen LogP contribution in [0.5, 0.6) is 11.5 Å². The van der Waals surface area contributed by atoms with E-state index in [9.17, 15) is 0 Å². The zero-order chi connectivity index (χ0) is 12.8. The summed E-state index contributed by atoms with van der Waals surface area (Å²) in [5.74, 6) is 2.10. The van der Waals surface area contributed by atoms with Gasteiger partial charge in [-0.15, -0.1) is 11.8 Å². The van der Waals surface area contributed by atoms with Gasteiger partial charge < -0.3 is 15.2 Å². The van der Waals surface area contributed by atoms with Gasteiger partial charge in [0, 0.05) is 5.56 Å². The first-order valence-electron chi connectivity index (χ1n) is 5.71. The third kappa shape index (κ3) is 3.07. The molecule has 0 heterocycles. The Bertz CT molecular complexity index is 365. The Labute approximate surface area is 108 Å². The fourth-order valence-corrected chi connectivity index (χ4v) is 2.45. The summed E-state index contributed by atoms with van der Waals surface area (Å²) < 4.78 is 10.8. The molecule has 1 rings (SSSR count). The quantitative estimate of drug-likeness (QED) is 0.794. The van der Waals surface area contributed by atoms with E-state index in [0.29, 0.717) is 12.5 Å². The lowest BCUT2D eigenvalue weighted by Crippen LogP contribution is -2.13. The average Bonchev–Trinajstić information content (AvgIpc) is 2.39. The molecule has 1 aromatic carbocycles. The Balaban J connectivity index is 3.27. The molecule has 0 bridgehead atoms. The number of hydrogen-bond donors (Lipinski definition) is 1. The average molecular weight is 255 g/mol. The van der Waals surface area contributed by atoms with E-state index in [2.05, 4.69) is 6.92 Å². The molecular formula is C13H21NO2S. The van der Waals surface area contributed by atoms with Gasteiger partial charge in [-0.3, -0.25) is 0 Å². The van der Waals surface area contributed by atoms with Crippen LogP contribution in [0.3, 0.4) is 0 Å². The molecule has 0 fully saturated rings. The molecule has 0 saturated carbocycles. The van der Waals surface area contributed by atoms with Crippen LogP contribution in [0.4, 0.5) is 0 Å². The van der Waals surface area contributed by atoms with Gasteiger partial charge in [0.2, 0.25) is 0 Å². The lowest BCUT2D eigenvalue weighted by Gasteiger charge is -2.19. The normalized spacial score (nSPS) is 12.3. The number of methoxy groups -OCH3 is 2. The number of hydrogen-bond acceptors (Lipinski definition) is 4. The Hall–Kier alpha value is -0.870. The van der Waals surface area contributed by atoms with E-state index < -0.39 is 0 Å². The fourth-order valence-electron chi connectivity index (χ4n) is 1.89. The van der Waals surface area contributed by atoms with E-state index in [1.54, 1.807) is 26.0 Å². The van der Waals surface area contributed by atoms with Crippen molar-refractivity contribution in [1.29, 1.82) is 0 Å². The topological polar surface area (TPSA) is 44.5 Å². The van der Waals surface area contributed by atoms with Gasteiger partial charge >= 0.3 is 0 Å². The molecule has 0 aliphatic heterocycles. The maximum absolute atomic E-state index is 5.80. The fraction of sp³-hybridized carbons (Fsp3) is 0.538. The van der Waals surface area contributed by atoms with E-state index in [0.717, 1.165) is 28.4 Å². The van der Waals surface area contributed by atoms with Gasteiger partial charge in [0.05, 0.1) is 19.1 Å². The maximum Gasteiger partial charge on any atom is 0.132 e. The van der Waals surface area contributed by atoms with Crippen molar-refractivity contribution in [1.82, 2.24) is 0 Å². The zero-order valence-corrected chi connectivity index (χ0v) is 11.8. The van der Waals surface area contributed by atoms with Gasteiger partial charge in [0.25, 0.3) is 0 Å². The van der Waals surface area contributed by atoms with Crippen LogP contribution in [0.15, 0.2) is 17.0 Å². The Kier molecular flexibility index (Phi) is 5.65. The molecule has 3 nitrogen and oxygen atoms in total. The van der Waals surface area contributed by atoms with Crippen molar-refractivity contribution in [3.63, 3.8) is 0 Å². The van der Waals surface area contributed by atoms with Gasteiger partial charge in [0.1, 0.15) is 11.5 Å². The molecule has 17 heavy (non-hydrogen) atoms. The van der Waals surface area contributed by atoms with Gasteiger partial charge in [-0.2, -0.15) is 0 Å². The van der Waals surface area contributed by atoms with Crippen LogP contribution in [0, 0.1) is 0 Å². The SMILES string of the molecule is CCC(CN)c1cc(OC)c(SC)cc1OC. The third-order valence-corrected chi connectivity index (χ3v) is 3.71. The second-order valence-electron chi connectivity index (χ2n) is 3.79. The lowest BCUT2D eigenvalue weighted by atomic mass is 9.95. The minimum absolute atomic E-state index is 0.315. The predicted octanol–water partition coefficient (Wildman–Crippen LogP) is 2.88. The molecule has 0 aliphatic carbocycles. The molecule has 1 unspecified atom stereocenters. The monoisotopic (exact) mass is 255 g/mol. The second-order valence-corrected chi connectivity index (χ2v) is 4.64. The highest BCUT2D eigenvalue weighted by molar-refractivity contribution is 7.98. The molecule has 0 radical (unpaired) electrons.